The lowest BCUT2D eigenvalue weighted by Crippen LogP contribution is -2.47. The zero-order valence-electron chi connectivity index (χ0n) is 26.4. The lowest BCUT2D eigenvalue weighted by molar-refractivity contribution is 0.0209. The van der Waals surface area contributed by atoms with Crippen molar-refractivity contribution in [1.29, 1.82) is 0 Å². The van der Waals surface area contributed by atoms with E-state index in [-0.39, 0.29) is 24.2 Å². The second-order valence-corrected chi connectivity index (χ2v) is 12.1. The Labute approximate surface area is 263 Å². The van der Waals surface area contributed by atoms with Crippen molar-refractivity contribution in [3.63, 3.8) is 0 Å². The molecule has 5 heterocycles. The highest BCUT2D eigenvalue weighted by Crippen LogP contribution is 2.30. The van der Waals surface area contributed by atoms with Crippen LogP contribution in [0.1, 0.15) is 45.6 Å². The molecular formula is C32H44N8O5. The maximum absolute atomic E-state index is 13.2. The highest BCUT2D eigenvalue weighted by atomic mass is 16.5. The molecule has 3 aliphatic rings. The number of anilines is 2. The van der Waals surface area contributed by atoms with Gasteiger partial charge in [0.2, 0.25) is 5.95 Å². The zero-order chi connectivity index (χ0) is 31.3. The smallest absolute Gasteiger partial charge is 0.270 e. The van der Waals surface area contributed by atoms with Crippen molar-refractivity contribution < 1.29 is 23.8 Å². The Hall–Kier alpha value is -3.78. The van der Waals surface area contributed by atoms with E-state index in [1.54, 1.807) is 6.07 Å². The average Bonchev–Trinajstić information content (AvgIpc) is 3.45. The SMILES string of the molecule is CCN1CCN(c2nc(NC3COC3)cc(C(=O)NC[C@H](O)CN3CCc4c(ccc(OCc5ocnc5C)c4C)C3)n2)CC1. The second kappa shape index (κ2) is 14.1. The van der Waals surface area contributed by atoms with E-state index in [0.29, 0.717) is 38.1 Å². The number of aromatic nitrogens is 3. The molecular weight excluding hydrogens is 576 g/mol. The van der Waals surface area contributed by atoms with Crippen molar-refractivity contribution in [1.82, 2.24) is 30.1 Å². The van der Waals surface area contributed by atoms with E-state index in [1.165, 1.54) is 17.5 Å². The number of hydrogen-bond acceptors (Lipinski definition) is 12. The first kappa shape index (κ1) is 31.2. The van der Waals surface area contributed by atoms with Gasteiger partial charge in [0.1, 0.15) is 23.9 Å². The molecule has 3 aromatic rings. The van der Waals surface area contributed by atoms with Gasteiger partial charge in [-0.05, 0) is 49.6 Å². The summed E-state index contributed by atoms with van der Waals surface area (Å²) in [5.74, 6) is 2.40. The van der Waals surface area contributed by atoms with Crippen molar-refractivity contribution in [2.24, 2.45) is 0 Å². The van der Waals surface area contributed by atoms with Gasteiger partial charge in [0.05, 0.1) is 31.1 Å². The van der Waals surface area contributed by atoms with Crippen molar-refractivity contribution in [2.45, 2.75) is 52.5 Å². The molecule has 13 nitrogen and oxygen atoms in total. The van der Waals surface area contributed by atoms with E-state index in [2.05, 4.69) is 55.2 Å². The molecule has 0 unspecified atom stereocenters. The zero-order valence-corrected chi connectivity index (χ0v) is 26.4. The van der Waals surface area contributed by atoms with Gasteiger partial charge in [-0.25, -0.2) is 9.97 Å². The molecule has 3 N–H and O–H groups in total. The molecule has 1 atom stereocenters. The molecule has 2 saturated heterocycles. The Morgan fingerprint density at radius 1 is 1.13 bits per heavy atom. The van der Waals surface area contributed by atoms with E-state index in [4.69, 9.17) is 18.9 Å². The van der Waals surface area contributed by atoms with E-state index >= 15 is 0 Å². The summed E-state index contributed by atoms with van der Waals surface area (Å²) in [7, 11) is 0. The fourth-order valence-corrected chi connectivity index (χ4v) is 6.02. The van der Waals surface area contributed by atoms with E-state index < -0.39 is 6.10 Å². The number of aliphatic hydroxyl groups excluding tert-OH is 1. The third-order valence-corrected chi connectivity index (χ3v) is 8.93. The molecule has 1 aromatic carbocycles. The summed E-state index contributed by atoms with van der Waals surface area (Å²) in [6.07, 6.45) is 1.57. The summed E-state index contributed by atoms with van der Waals surface area (Å²) in [5.41, 5.74) is 4.76. The average molecular weight is 621 g/mol. The predicted octanol–water partition coefficient (Wildman–Crippen LogP) is 1.76. The number of ether oxygens (including phenoxy) is 2. The van der Waals surface area contributed by atoms with E-state index in [9.17, 15) is 9.90 Å². The number of β-amino-alcohol motifs (C(OH)–C–C–N with tert-alkyl or cyclic N) is 1. The quantitative estimate of drug-likeness (QED) is 0.272. The minimum atomic E-state index is -0.725. The van der Waals surface area contributed by atoms with Crippen molar-refractivity contribution in [2.75, 3.05) is 75.8 Å². The van der Waals surface area contributed by atoms with Crippen LogP contribution >= 0.6 is 0 Å². The number of carbonyl (C=O) groups excluding carboxylic acids is 1. The number of amides is 1. The van der Waals surface area contributed by atoms with Gasteiger partial charge in [-0.15, -0.1) is 0 Å². The molecule has 0 saturated carbocycles. The monoisotopic (exact) mass is 620 g/mol. The lowest BCUT2D eigenvalue weighted by Gasteiger charge is -2.34. The minimum Gasteiger partial charge on any atom is -0.485 e. The summed E-state index contributed by atoms with van der Waals surface area (Å²) in [6, 6.07) is 5.95. The Kier molecular flexibility index (Phi) is 9.79. The summed E-state index contributed by atoms with van der Waals surface area (Å²) in [6.45, 7) is 14.3. The molecule has 45 heavy (non-hydrogen) atoms. The summed E-state index contributed by atoms with van der Waals surface area (Å²) < 4.78 is 16.7. The van der Waals surface area contributed by atoms with Gasteiger partial charge in [0.15, 0.2) is 12.2 Å². The number of oxazole rings is 1. The standard InChI is InChI=1S/C32H44N8O5/c1-4-38-9-11-40(12-10-38)32-36-27(13-30(37-32)35-24-17-43-18-24)31(42)33-14-25(41)16-39-8-7-26-21(2)28(6-5-23(26)15-39)44-19-29-22(3)34-20-45-29/h5-6,13,20,24-25,41H,4,7-12,14-19H2,1-3H3,(H,33,42)(H,35,36,37)/t25-/m0/s1. The fourth-order valence-electron chi connectivity index (χ4n) is 6.02. The van der Waals surface area contributed by atoms with Crippen LogP contribution < -0.4 is 20.3 Å². The number of aliphatic hydroxyl groups is 1. The van der Waals surface area contributed by atoms with Crippen LogP contribution in [0.15, 0.2) is 29.0 Å². The molecule has 0 radical (unpaired) electrons. The molecule has 2 fully saturated rings. The number of aryl methyl sites for hydroxylation is 1. The number of hydrogen-bond donors (Lipinski definition) is 3. The second-order valence-electron chi connectivity index (χ2n) is 12.1. The van der Waals surface area contributed by atoms with Gasteiger partial charge < -0.3 is 39.4 Å². The van der Waals surface area contributed by atoms with Crippen LogP contribution in [0.25, 0.3) is 0 Å². The number of likely N-dealkylation sites (N-methyl/N-ethyl adjacent to an activating group) is 1. The Bertz CT molecular complexity index is 1470. The van der Waals surface area contributed by atoms with Crippen LogP contribution in [0, 0.1) is 13.8 Å². The third kappa shape index (κ3) is 7.55. The topological polar surface area (TPSA) is 141 Å². The lowest BCUT2D eigenvalue weighted by atomic mass is 9.94. The van der Waals surface area contributed by atoms with Crippen LogP contribution in [0.5, 0.6) is 5.75 Å². The molecule has 0 spiro atoms. The van der Waals surface area contributed by atoms with Crippen LogP contribution in [-0.4, -0.2) is 113 Å². The number of nitrogens with zero attached hydrogens (tertiary/aromatic N) is 6. The number of fused-ring (bicyclic) bond motifs is 1. The van der Waals surface area contributed by atoms with Crippen molar-refractivity contribution in [3.8, 4) is 5.75 Å². The summed E-state index contributed by atoms with van der Waals surface area (Å²) in [4.78, 5) is 33.5. The highest BCUT2D eigenvalue weighted by molar-refractivity contribution is 5.93. The predicted molar refractivity (Wildman–Crippen MR) is 169 cm³/mol. The molecule has 0 aliphatic carbocycles. The van der Waals surface area contributed by atoms with Gasteiger partial charge in [0.25, 0.3) is 5.91 Å². The normalized spacial score (nSPS) is 18.3. The maximum atomic E-state index is 13.2. The van der Waals surface area contributed by atoms with Gasteiger partial charge in [-0.3, -0.25) is 9.69 Å². The summed E-state index contributed by atoms with van der Waals surface area (Å²) in [5, 5.41) is 17.1. The molecule has 1 amide bonds. The highest BCUT2D eigenvalue weighted by Gasteiger charge is 2.25. The van der Waals surface area contributed by atoms with Crippen LogP contribution in [0.4, 0.5) is 11.8 Å². The van der Waals surface area contributed by atoms with Gasteiger partial charge >= 0.3 is 0 Å². The Balaban J connectivity index is 1.03. The van der Waals surface area contributed by atoms with E-state index in [0.717, 1.165) is 75.0 Å². The molecule has 6 rings (SSSR count). The first-order valence-electron chi connectivity index (χ1n) is 15.9. The largest absolute Gasteiger partial charge is 0.485 e. The van der Waals surface area contributed by atoms with E-state index in [1.807, 2.05) is 13.0 Å². The molecule has 13 heteroatoms. The van der Waals surface area contributed by atoms with Crippen LogP contribution in [0.3, 0.4) is 0 Å². The van der Waals surface area contributed by atoms with Gasteiger partial charge in [0, 0.05) is 58.4 Å². The number of nitrogens with one attached hydrogen (secondary N) is 2. The number of piperazine rings is 1. The Morgan fingerprint density at radius 2 is 1.96 bits per heavy atom. The molecule has 0 bridgehead atoms. The van der Waals surface area contributed by atoms with Crippen molar-refractivity contribution in [3.05, 3.63) is 58.4 Å². The third-order valence-electron chi connectivity index (χ3n) is 8.93. The first-order chi connectivity index (χ1) is 21.9. The minimum absolute atomic E-state index is 0.128. The number of benzene rings is 1. The number of carbonyl (C=O) groups is 1. The molecule has 3 aliphatic heterocycles. The van der Waals surface area contributed by atoms with Gasteiger partial charge in [-0.1, -0.05) is 13.0 Å². The maximum Gasteiger partial charge on any atom is 0.270 e. The molecule has 2 aromatic heterocycles. The number of rotatable bonds is 12. The fraction of sp³-hybridized carbons (Fsp3) is 0.562. The summed E-state index contributed by atoms with van der Waals surface area (Å²) >= 11 is 0. The van der Waals surface area contributed by atoms with Crippen LogP contribution in [-0.2, 0) is 24.3 Å². The first-order valence-corrected chi connectivity index (χ1v) is 15.9. The molecule has 242 valence electrons. The van der Waals surface area contributed by atoms with Gasteiger partial charge in [-0.2, -0.15) is 4.98 Å². The Morgan fingerprint density at radius 3 is 2.67 bits per heavy atom. The van der Waals surface area contributed by atoms with Crippen LogP contribution in [0.2, 0.25) is 0 Å². The van der Waals surface area contributed by atoms with Crippen molar-refractivity contribution >= 4 is 17.7 Å².